The Hall–Kier alpha value is -1.10. The van der Waals surface area contributed by atoms with Crippen molar-refractivity contribution in [1.29, 1.82) is 0 Å². The zero-order valence-corrected chi connectivity index (χ0v) is 15.1. The minimum Gasteiger partial charge on any atom is -0.340 e. The minimum atomic E-state index is -0.719. The highest BCUT2D eigenvalue weighted by atomic mass is 35.5. The van der Waals surface area contributed by atoms with Crippen molar-refractivity contribution < 1.29 is 4.79 Å². The lowest BCUT2D eigenvalue weighted by molar-refractivity contribution is -0.136. The molecule has 1 fully saturated rings. The molecule has 1 aliphatic rings. The summed E-state index contributed by atoms with van der Waals surface area (Å²) in [6, 6.07) is 10.5. The molecule has 1 aliphatic heterocycles. The molecule has 0 aliphatic carbocycles. The molecule has 0 spiro atoms. The molecule has 0 saturated carbocycles. The van der Waals surface area contributed by atoms with E-state index in [1.807, 2.05) is 17.9 Å². The highest BCUT2D eigenvalue weighted by Crippen LogP contribution is 2.15. The summed E-state index contributed by atoms with van der Waals surface area (Å²) in [6.07, 6.45) is 2.70. The molecule has 2 N–H and O–H groups in total. The number of nitrogens with two attached hydrogens (primary N) is 1. The number of hydrogen-bond donors (Lipinski definition) is 1. The van der Waals surface area contributed by atoms with E-state index in [1.54, 1.807) is 0 Å². The van der Waals surface area contributed by atoms with Gasteiger partial charge in [0.2, 0.25) is 5.91 Å². The van der Waals surface area contributed by atoms with Crippen molar-refractivity contribution >= 4 is 18.3 Å². The molecular weight excluding hydrogens is 310 g/mol. The largest absolute Gasteiger partial charge is 0.340 e. The van der Waals surface area contributed by atoms with Gasteiger partial charge in [-0.15, -0.1) is 12.4 Å². The van der Waals surface area contributed by atoms with E-state index in [0.29, 0.717) is 0 Å². The topological polar surface area (TPSA) is 49.6 Å². The van der Waals surface area contributed by atoms with Crippen LogP contribution in [0.2, 0.25) is 0 Å². The van der Waals surface area contributed by atoms with E-state index in [4.69, 9.17) is 5.73 Å². The fraction of sp³-hybridized carbons (Fsp3) is 0.611. The van der Waals surface area contributed by atoms with Gasteiger partial charge in [0, 0.05) is 32.7 Å². The number of rotatable bonds is 5. The van der Waals surface area contributed by atoms with Gasteiger partial charge < -0.3 is 10.6 Å². The number of halogens is 1. The van der Waals surface area contributed by atoms with Crippen LogP contribution in [0.15, 0.2) is 30.3 Å². The summed E-state index contributed by atoms with van der Waals surface area (Å²) >= 11 is 0. The lowest BCUT2D eigenvalue weighted by Gasteiger charge is -2.31. The third-order valence-corrected chi connectivity index (χ3v) is 4.38. The number of hydrogen-bond acceptors (Lipinski definition) is 3. The van der Waals surface area contributed by atoms with Crippen LogP contribution < -0.4 is 5.73 Å². The van der Waals surface area contributed by atoms with Crippen LogP contribution in [0.1, 0.15) is 38.7 Å². The van der Waals surface area contributed by atoms with E-state index < -0.39 is 5.54 Å². The van der Waals surface area contributed by atoms with Crippen molar-refractivity contribution in [2.24, 2.45) is 5.73 Å². The van der Waals surface area contributed by atoms with Crippen LogP contribution in [0.3, 0.4) is 0 Å². The van der Waals surface area contributed by atoms with E-state index in [0.717, 1.165) is 52.0 Å². The molecule has 2 rings (SSSR count). The number of carbonyl (C=O) groups is 1. The van der Waals surface area contributed by atoms with Crippen LogP contribution in [-0.4, -0.2) is 47.4 Å². The minimum absolute atomic E-state index is 0. The molecule has 0 radical (unpaired) electrons. The fourth-order valence-corrected chi connectivity index (χ4v) is 3.16. The van der Waals surface area contributed by atoms with Gasteiger partial charge in [-0.2, -0.15) is 0 Å². The van der Waals surface area contributed by atoms with Gasteiger partial charge in [-0.3, -0.25) is 9.69 Å². The van der Waals surface area contributed by atoms with Gasteiger partial charge in [-0.05, 0) is 25.3 Å². The molecule has 1 saturated heterocycles. The molecule has 23 heavy (non-hydrogen) atoms. The zero-order valence-electron chi connectivity index (χ0n) is 14.3. The molecule has 1 aromatic carbocycles. The molecule has 1 aromatic rings. The van der Waals surface area contributed by atoms with Crippen LogP contribution in [0.4, 0.5) is 0 Å². The van der Waals surface area contributed by atoms with Gasteiger partial charge in [0.15, 0.2) is 0 Å². The van der Waals surface area contributed by atoms with Crippen LogP contribution in [0.25, 0.3) is 0 Å². The Labute approximate surface area is 146 Å². The monoisotopic (exact) mass is 339 g/mol. The molecule has 1 atom stereocenters. The normalized spacial score (nSPS) is 18.7. The van der Waals surface area contributed by atoms with Crippen molar-refractivity contribution in [3.8, 4) is 0 Å². The Morgan fingerprint density at radius 2 is 1.87 bits per heavy atom. The Kier molecular flexibility index (Phi) is 8.03. The van der Waals surface area contributed by atoms with Crippen LogP contribution in [0.5, 0.6) is 0 Å². The quantitative estimate of drug-likeness (QED) is 0.897. The van der Waals surface area contributed by atoms with Crippen LogP contribution in [0, 0.1) is 0 Å². The molecule has 130 valence electrons. The standard InChI is InChI=1S/C18H29N3O.ClH/c1-3-10-18(2,19)17(22)21-12-7-11-20(13-14-21)15-16-8-5-4-6-9-16;/h4-6,8-9H,3,7,10-15,19H2,1-2H3;1H. The third-order valence-electron chi connectivity index (χ3n) is 4.38. The van der Waals surface area contributed by atoms with E-state index in [-0.39, 0.29) is 18.3 Å². The first kappa shape index (κ1) is 19.9. The zero-order chi connectivity index (χ0) is 16.0. The van der Waals surface area contributed by atoms with Crippen molar-refractivity contribution in [3.63, 3.8) is 0 Å². The highest BCUT2D eigenvalue weighted by Gasteiger charge is 2.32. The van der Waals surface area contributed by atoms with Crippen LogP contribution >= 0.6 is 12.4 Å². The van der Waals surface area contributed by atoms with E-state index in [2.05, 4.69) is 36.1 Å². The summed E-state index contributed by atoms with van der Waals surface area (Å²) < 4.78 is 0. The molecule has 1 unspecified atom stereocenters. The highest BCUT2D eigenvalue weighted by molar-refractivity contribution is 5.86. The van der Waals surface area contributed by atoms with E-state index in [9.17, 15) is 4.79 Å². The summed E-state index contributed by atoms with van der Waals surface area (Å²) in [4.78, 5) is 17.0. The number of benzene rings is 1. The predicted octanol–water partition coefficient (Wildman–Crippen LogP) is 2.66. The molecule has 0 aromatic heterocycles. The number of amides is 1. The average molecular weight is 340 g/mol. The number of nitrogens with zero attached hydrogens (tertiary/aromatic N) is 2. The Balaban J connectivity index is 0.00000264. The second-order valence-electron chi connectivity index (χ2n) is 6.57. The van der Waals surface area contributed by atoms with Gasteiger partial charge in [0.1, 0.15) is 0 Å². The van der Waals surface area contributed by atoms with E-state index in [1.165, 1.54) is 5.56 Å². The smallest absolute Gasteiger partial charge is 0.242 e. The Morgan fingerprint density at radius 1 is 1.17 bits per heavy atom. The molecule has 1 heterocycles. The second-order valence-corrected chi connectivity index (χ2v) is 6.57. The second kappa shape index (κ2) is 9.26. The summed E-state index contributed by atoms with van der Waals surface area (Å²) in [7, 11) is 0. The maximum Gasteiger partial charge on any atom is 0.242 e. The van der Waals surface area contributed by atoms with Crippen molar-refractivity contribution in [2.45, 2.75) is 45.2 Å². The Morgan fingerprint density at radius 3 is 2.52 bits per heavy atom. The van der Waals surface area contributed by atoms with Crippen molar-refractivity contribution in [1.82, 2.24) is 9.80 Å². The lowest BCUT2D eigenvalue weighted by atomic mass is 9.95. The summed E-state index contributed by atoms with van der Waals surface area (Å²) in [5.74, 6) is 0.107. The Bertz CT molecular complexity index is 478. The number of carbonyl (C=O) groups excluding carboxylic acids is 1. The maximum absolute atomic E-state index is 12.6. The average Bonchev–Trinajstić information content (AvgIpc) is 2.73. The fourth-order valence-electron chi connectivity index (χ4n) is 3.16. The van der Waals surface area contributed by atoms with Crippen molar-refractivity contribution in [2.75, 3.05) is 26.2 Å². The van der Waals surface area contributed by atoms with Gasteiger partial charge in [-0.1, -0.05) is 43.7 Å². The first-order chi connectivity index (χ1) is 10.5. The third kappa shape index (κ3) is 5.79. The maximum atomic E-state index is 12.6. The molecule has 0 bridgehead atoms. The van der Waals surface area contributed by atoms with Gasteiger partial charge in [-0.25, -0.2) is 0 Å². The molecule has 5 heteroatoms. The summed E-state index contributed by atoms with van der Waals surface area (Å²) in [5.41, 5.74) is 6.82. The van der Waals surface area contributed by atoms with Gasteiger partial charge in [0.05, 0.1) is 5.54 Å². The summed E-state index contributed by atoms with van der Waals surface area (Å²) in [6.45, 7) is 8.45. The summed E-state index contributed by atoms with van der Waals surface area (Å²) in [5, 5.41) is 0. The van der Waals surface area contributed by atoms with Crippen molar-refractivity contribution in [3.05, 3.63) is 35.9 Å². The molecule has 1 amide bonds. The molecule has 4 nitrogen and oxygen atoms in total. The van der Waals surface area contributed by atoms with Gasteiger partial charge >= 0.3 is 0 Å². The first-order valence-corrected chi connectivity index (χ1v) is 8.37. The SMILES string of the molecule is CCCC(C)(N)C(=O)N1CCCN(Cc2ccccc2)CC1.Cl. The predicted molar refractivity (Wildman–Crippen MR) is 97.7 cm³/mol. The first-order valence-electron chi connectivity index (χ1n) is 8.37. The van der Waals surface area contributed by atoms with Crippen LogP contribution in [-0.2, 0) is 11.3 Å². The van der Waals surface area contributed by atoms with E-state index >= 15 is 0 Å². The lowest BCUT2D eigenvalue weighted by Crippen LogP contribution is -2.53. The molecular formula is C18H30ClN3O. The van der Waals surface area contributed by atoms with Gasteiger partial charge in [0.25, 0.3) is 0 Å².